The van der Waals surface area contributed by atoms with Crippen molar-refractivity contribution in [2.75, 3.05) is 68.8 Å². The van der Waals surface area contributed by atoms with Gasteiger partial charge in [-0.2, -0.15) is 4.98 Å². The van der Waals surface area contributed by atoms with E-state index in [0.29, 0.717) is 56.5 Å². The molecule has 2 aromatic rings. The number of morpholine rings is 1. The van der Waals surface area contributed by atoms with Crippen LogP contribution in [0, 0.1) is 6.92 Å². The van der Waals surface area contributed by atoms with Gasteiger partial charge < -0.3 is 19.4 Å². The maximum Gasteiger partial charge on any atom is 0.262 e. The van der Waals surface area contributed by atoms with Gasteiger partial charge in [0.2, 0.25) is 11.9 Å². The Morgan fingerprint density at radius 2 is 1.55 bits per heavy atom. The Hall–Kier alpha value is -3.53. The number of aryl methyl sites for hydroxylation is 1. The van der Waals surface area contributed by atoms with Gasteiger partial charge in [0.1, 0.15) is 12.4 Å². The summed E-state index contributed by atoms with van der Waals surface area (Å²) < 4.78 is 5.42. The van der Waals surface area contributed by atoms with Crippen LogP contribution in [-0.4, -0.2) is 96.5 Å². The number of piperazine rings is 1. The number of rotatable bonds is 4. The molecule has 0 atom stereocenters. The number of aromatic nitrogens is 2. The Morgan fingerprint density at radius 1 is 0.909 bits per heavy atom. The van der Waals surface area contributed by atoms with Crippen molar-refractivity contribution in [2.45, 2.75) is 6.92 Å². The van der Waals surface area contributed by atoms with Gasteiger partial charge in [-0.3, -0.25) is 19.3 Å². The van der Waals surface area contributed by atoms with Crippen molar-refractivity contribution < 1.29 is 19.1 Å². The van der Waals surface area contributed by atoms with Crippen LogP contribution in [0.2, 0.25) is 0 Å². The molecule has 3 aliphatic heterocycles. The molecule has 5 rings (SSSR count). The molecule has 10 heteroatoms. The lowest BCUT2D eigenvalue weighted by Gasteiger charge is -2.36. The Bertz CT molecular complexity index is 1060. The molecule has 0 unspecified atom stereocenters. The minimum absolute atomic E-state index is 0.225. The van der Waals surface area contributed by atoms with Crippen LogP contribution in [0.25, 0.3) is 0 Å². The molecule has 3 amide bonds. The Morgan fingerprint density at radius 3 is 2.18 bits per heavy atom. The van der Waals surface area contributed by atoms with Crippen molar-refractivity contribution in [1.82, 2.24) is 19.8 Å². The summed E-state index contributed by atoms with van der Waals surface area (Å²) in [5.74, 6) is 0.510. The number of hydrogen-bond acceptors (Lipinski definition) is 8. The number of amides is 3. The molecule has 3 aliphatic rings. The third-order valence-electron chi connectivity index (χ3n) is 6.25. The molecule has 0 radical (unpaired) electrons. The molecule has 2 fully saturated rings. The van der Waals surface area contributed by atoms with Crippen molar-refractivity contribution >= 4 is 29.5 Å². The topological polar surface area (TPSA) is 99.2 Å². The van der Waals surface area contributed by atoms with Gasteiger partial charge in [0.15, 0.2) is 0 Å². The zero-order valence-electron chi connectivity index (χ0n) is 18.6. The summed E-state index contributed by atoms with van der Waals surface area (Å²) in [4.78, 5) is 54.3. The van der Waals surface area contributed by atoms with Crippen LogP contribution in [-0.2, 0) is 9.53 Å². The minimum atomic E-state index is -0.408. The fourth-order valence-corrected chi connectivity index (χ4v) is 4.41. The highest BCUT2D eigenvalue weighted by molar-refractivity contribution is 6.22. The lowest BCUT2D eigenvalue weighted by atomic mass is 10.1. The molecule has 33 heavy (non-hydrogen) atoms. The monoisotopic (exact) mass is 450 g/mol. The quantitative estimate of drug-likeness (QED) is 0.624. The zero-order chi connectivity index (χ0) is 22.9. The molecule has 0 aliphatic carbocycles. The van der Waals surface area contributed by atoms with E-state index in [1.807, 2.05) is 13.0 Å². The van der Waals surface area contributed by atoms with Crippen LogP contribution in [0.1, 0.15) is 26.4 Å². The second-order valence-corrected chi connectivity index (χ2v) is 8.38. The molecule has 1 aromatic carbocycles. The van der Waals surface area contributed by atoms with E-state index in [9.17, 15) is 14.4 Å². The summed E-state index contributed by atoms with van der Waals surface area (Å²) in [5.41, 5.74) is 1.61. The number of hydrogen-bond donors (Lipinski definition) is 0. The summed E-state index contributed by atoms with van der Waals surface area (Å²) in [5, 5.41) is 0. The van der Waals surface area contributed by atoms with E-state index < -0.39 is 11.8 Å². The van der Waals surface area contributed by atoms with Crippen molar-refractivity contribution in [1.29, 1.82) is 0 Å². The Labute approximate surface area is 191 Å². The van der Waals surface area contributed by atoms with Gasteiger partial charge in [-0.25, -0.2) is 4.98 Å². The predicted octanol–water partition coefficient (Wildman–Crippen LogP) is 0.566. The number of imide groups is 1. The third-order valence-corrected chi connectivity index (χ3v) is 6.25. The molecular weight excluding hydrogens is 424 g/mol. The van der Waals surface area contributed by atoms with Crippen LogP contribution in [0.5, 0.6) is 0 Å². The number of benzene rings is 1. The van der Waals surface area contributed by atoms with Gasteiger partial charge in [0.05, 0.1) is 24.3 Å². The molecule has 10 nitrogen and oxygen atoms in total. The molecular formula is C23H26N6O4. The molecule has 2 saturated heterocycles. The van der Waals surface area contributed by atoms with E-state index >= 15 is 0 Å². The van der Waals surface area contributed by atoms with E-state index in [4.69, 9.17) is 9.72 Å². The fourth-order valence-electron chi connectivity index (χ4n) is 4.41. The van der Waals surface area contributed by atoms with Crippen LogP contribution in [0.4, 0.5) is 11.8 Å². The lowest BCUT2D eigenvalue weighted by Crippen LogP contribution is -2.52. The third kappa shape index (κ3) is 4.13. The van der Waals surface area contributed by atoms with Gasteiger partial charge in [0.25, 0.3) is 11.8 Å². The van der Waals surface area contributed by atoms with E-state index in [1.165, 1.54) is 0 Å². The first-order chi connectivity index (χ1) is 16.0. The van der Waals surface area contributed by atoms with Gasteiger partial charge >= 0.3 is 0 Å². The second-order valence-electron chi connectivity index (χ2n) is 8.38. The van der Waals surface area contributed by atoms with E-state index in [2.05, 4.69) is 14.8 Å². The average molecular weight is 450 g/mol. The van der Waals surface area contributed by atoms with Crippen LogP contribution in [0.3, 0.4) is 0 Å². The first-order valence-electron chi connectivity index (χ1n) is 11.2. The van der Waals surface area contributed by atoms with Gasteiger partial charge in [-0.15, -0.1) is 0 Å². The van der Waals surface area contributed by atoms with Crippen molar-refractivity contribution in [3.63, 3.8) is 0 Å². The highest BCUT2D eigenvalue weighted by Gasteiger charge is 2.37. The number of carbonyl (C=O) groups is 3. The summed E-state index contributed by atoms with van der Waals surface area (Å²) >= 11 is 0. The zero-order valence-corrected chi connectivity index (χ0v) is 18.6. The van der Waals surface area contributed by atoms with Crippen LogP contribution in [0.15, 0.2) is 30.3 Å². The SMILES string of the molecule is Cc1cc(N2CCN(C(=O)CN3C(=O)c4ccccc4C3=O)CC2)nc(N2CCOCC2)n1. The summed E-state index contributed by atoms with van der Waals surface area (Å²) in [6, 6.07) is 8.63. The van der Waals surface area contributed by atoms with E-state index in [0.717, 1.165) is 29.5 Å². The maximum absolute atomic E-state index is 12.9. The van der Waals surface area contributed by atoms with Crippen molar-refractivity contribution in [3.8, 4) is 0 Å². The lowest BCUT2D eigenvalue weighted by molar-refractivity contribution is -0.131. The predicted molar refractivity (Wildman–Crippen MR) is 120 cm³/mol. The second kappa shape index (κ2) is 8.78. The Kier molecular flexibility index (Phi) is 5.67. The summed E-state index contributed by atoms with van der Waals surface area (Å²) in [7, 11) is 0. The molecule has 0 N–H and O–H groups in total. The van der Waals surface area contributed by atoms with E-state index in [-0.39, 0.29) is 12.5 Å². The highest BCUT2D eigenvalue weighted by atomic mass is 16.5. The number of anilines is 2. The smallest absolute Gasteiger partial charge is 0.262 e. The minimum Gasteiger partial charge on any atom is -0.378 e. The normalized spacial score (nSPS) is 18.7. The first kappa shape index (κ1) is 21.3. The fraction of sp³-hybridized carbons (Fsp3) is 0.435. The molecule has 4 heterocycles. The van der Waals surface area contributed by atoms with Crippen molar-refractivity contribution in [3.05, 3.63) is 47.2 Å². The largest absolute Gasteiger partial charge is 0.378 e. The molecule has 0 spiro atoms. The van der Waals surface area contributed by atoms with Gasteiger partial charge in [0, 0.05) is 51.0 Å². The van der Waals surface area contributed by atoms with E-state index in [1.54, 1.807) is 29.2 Å². The van der Waals surface area contributed by atoms with Gasteiger partial charge in [-0.1, -0.05) is 12.1 Å². The highest BCUT2D eigenvalue weighted by Crippen LogP contribution is 2.23. The first-order valence-corrected chi connectivity index (χ1v) is 11.2. The molecule has 172 valence electrons. The molecule has 0 saturated carbocycles. The van der Waals surface area contributed by atoms with Crippen LogP contribution < -0.4 is 9.80 Å². The Balaban J connectivity index is 1.21. The summed E-state index contributed by atoms with van der Waals surface area (Å²) in [6.45, 7) is 6.82. The number of nitrogens with zero attached hydrogens (tertiary/aromatic N) is 6. The van der Waals surface area contributed by atoms with Crippen LogP contribution >= 0.6 is 0 Å². The van der Waals surface area contributed by atoms with Crippen molar-refractivity contribution in [2.24, 2.45) is 0 Å². The maximum atomic E-state index is 12.9. The molecule has 0 bridgehead atoms. The summed E-state index contributed by atoms with van der Waals surface area (Å²) in [6.07, 6.45) is 0. The molecule has 1 aromatic heterocycles. The number of carbonyl (C=O) groups excluding carboxylic acids is 3. The number of fused-ring (bicyclic) bond motifs is 1. The number of ether oxygens (including phenoxy) is 1. The standard InChI is InChI=1S/C23H26N6O4/c1-16-14-19(25-23(24-16)28-10-12-33-13-11-28)26-6-8-27(9-7-26)20(30)15-29-21(31)17-4-2-3-5-18(17)22(29)32/h2-5,14H,6-13,15H2,1H3. The van der Waals surface area contributed by atoms with Gasteiger partial charge in [-0.05, 0) is 19.1 Å². The average Bonchev–Trinajstić information content (AvgIpc) is 3.09.